The number of benzene rings is 2. The quantitative estimate of drug-likeness (QED) is 0.472. The van der Waals surface area contributed by atoms with Gasteiger partial charge in [0, 0.05) is 46.8 Å². The Balaban J connectivity index is 1.80. The van der Waals surface area contributed by atoms with E-state index in [2.05, 4.69) is 19.1 Å². The first-order valence-corrected chi connectivity index (χ1v) is 8.95. The van der Waals surface area contributed by atoms with E-state index >= 15 is 0 Å². The van der Waals surface area contributed by atoms with Crippen LogP contribution in [0.2, 0.25) is 0 Å². The van der Waals surface area contributed by atoms with Crippen molar-refractivity contribution in [3.63, 3.8) is 0 Å². The van der Waals surface area contributed by atoms with E-state index < -0.39 is 3.93 Å². The van der Waals surface area contributed by atoms with E-state index in [0.717, 1.165) is 51.3 Å². The van der Waals surface area contributed by atoms with Gasteiger partial charge in [-0.15, -0.1) is 0 Å². The largest absolute Gasteiger partial charge is 0.330 e. The minimum Gasteiger partial charge on any atom is -0.330 e. The highest BCUT2D eigenvalue weighted by Gasteiger charge is 2.30. The SMILES string of the molecule is CCc1cc(C)c2c(c1)CN(Cc1ccc(C(F)(F)I)cc1)C2=O. The van der Waals surface area contributed by atoms with Gasteiger partial charge < -0.3 is 4.90 Å². The van der Waals surface area contributed by atoms with Gasteiger partial charge in [0.05, 0.1) is 0 Å². The van der Waals surface area contributed by atoms with E-state index in [4.69, 9.17) is 0 Å². The lowest BCUT2D eigenvalue weighted by Gasteiger charge is -2.16. The van der Waals surface area contributed by atoms with Gasteiger partial charge in [0.1, 0.15) is 0 Å². The fourth-order valence-electron chi connectivity index (χ4n) is 3.16. The summed E-state index contributed by atoms with van der Waals surface area (Å²) in [4.78, 5) is 14.4. The molecule has 0 aliphatic carbocycles. The molecular weight excluding hydrogens is 423 g/mol. The van der Waals surface area contributed by atoms with Crippen LogP contribution in [0.25, 0.3) is 0 Å². The molecular formula is C19H18F2INO. The van der Waals surface area contributed by atoms with Crippen molar-refractivity contribution in [2.45, 2.75) is 37.3 Å². The second-order valence-corrected chi connectivity index (χ2v) is 7.51. The number of carbonyl (C=O) groups is 1. The Labute approximate surface area is 154 Å². The van der Waals surface area contributed by atoms with Crippen molar-refractivity contribution in [3.8, 4) is 0 Å². The average molecular weight is 441 g/mol. The molecule has 0 spiro atoms. The zero-order valence-corrected chi connectivity index (χ0v) is 15.7. The van der Waals surface area contributed by atoms with Gasteiger partial charge in [0.15, 0.2) is 0 Å². The molecule has 0 N–H and O–H groups in total. The lowest BCUT2D eigenvalue weighted by Crippen LogP contribution is -2.23. The number of aryl methyl sites for hydroxylation is 2. The molecule has 1 amide bonds. The molecule has 2 nitrogen and oxygen atoms in total. The molecule has 0 fully saturated rings. The maximum absolute atomic E-state index is 13.3. The van der Waals surface area contributed by atoms with E-state index in [-0.39, 0.29) is 11.5 Å². The molecule has 1 heterocycles. The minimum atomic E-state index is -2.87. The summed E-state index contributed by atoms with van der Waals surface area (Å²) < 4.78 is 23.7. The van der Waals surface area contributed by atoms with Crippen LogP contribution in [0.5, 0.6) is 0 Å². The number of rotatable bonds is 4. The van der Waals surface area contributed by atoms with E-state index in [1.807, 2.05) is 6.92 Å². The molecule has 0 atom stereocenters. The predicted octanol–water partition coefficient (Wildman–Crippen LogP) is 5.20. The van der Waals surface area contributed by atoms with Crippen LogP contribution in [0, 0.1) is 6.92 Å². The van der Waals surface area contributed by atoms with Crippen molar-refractivity contribution in [2.75, 3.05) is 0 Å². The summed E-state index contributed by atoms with van der Waals surface area (Å²) in [6, 6.07) is 10.4. The first kappa shape index (κ1) is 17.3. The van der Waals surface area contributed by atoms with Crippen molar-refractivity contribution in [3.05, 3.63) is 69.8 Å². The highest BCUT2D eigenvalue weighted by atomic mass is 127. The number of fused-ring (bicyclic) bond motifs is 1. The summed E-state index contributed by atoms with van der Waals surface area (Å²) in [7, 11) is 0. The summed E-state index contributed by atoms with van der Waals surface area (Å²) in [5.74, 6) is 0.0217. The zero-order valence-electron chi connectivity index (χ0n) is 13.6. The fraction of sp³-hybridized carbons (Fsp3) is 0.316. The first-order valence-electron chi connectivity index (χ1n) is 7.87. The molecule has 2 aromatic rings. The van der Waals surface area contributed by atoms with Gasteiger partial charge in [-0.3, -0.25) is 4.79 Å². The van der Waals surface area contributed by atoms with Crippen LogP contribution in [-0.4, -0.2) is 10.8 Å². The summed E-state index contributed by atoms with van der Waals surface area (Å²) in [5, 5.41) is 0. The van der Waals surface area contributed by atoms with E-state index in [0.29, 0.717) is 13.1 Å². The summed E-state index contributed by atoms with van der Waals surface area (Å²) in [5.41, 5.74) is 4.93. The lowest BCUT2D eigenvalue weighted by atomic mass is 9.99. The molecule has 1 aliphatic heterocycles. The molecule has 0 bridgehead atoms. The van der Waals surface area contributed by atoms with Crippen LogP contribution in [0.1, 0.15) is 45.1 Å². The fourth-order valence-corrected chi connectivity index (χ4v) is 3.52. The highest BCUT2D eigenvalue weighted by molar-refractivity contribution is 14.1. The maximum atomic E-state index is 13.3. The molecule has 126 valence electrons. The van der Waals surface area contributed by atoms with Gasteiger partial charge in [0.2, 0.25) is 0 Å². The van der Waals surface area contributed by atoms with Crippen LogP contribution in [0.3, 0.4) is 0 Å². The third-order valence-electron chi connectivity index (χ3n) is 4.40. The number of nitrogens with zero attached hydrogens (tertiary/aromatic N) is 1. The molecule has 0 saturated carbocycles. The van der Waals surface area contributed by atoms with Crippen molar-refractivity contribution >= 4 is 28.5 Å². The van der Waals surface area contributed by atoms with Crippen molar-refractivity contribution < 1.29 is 13.6 Å². The summed E-state index contributed by atoms with van der Waals surface area (Å²) in [6.45, 7) is 5.07. The number of alkyl halides is 3. The second-order valence-electron chi connectivity index (χ2n) is 6.16. The molecule has 0 saturated heterocycles. The molecule has 0 unspecified atom stereocenters. The molecule has 2 aromatic carbocycles. The Morgan fingerprint density at radius 3 is 2.42 bits per heavy atom. The zero-order chi connectivity index (χ0) is 17.5. The Kier molecular flexibility index (Phi) is 4.64. The van der Waals surface area contributed by atoms with Crippen LogP contribution >= 0.6 is 22.6 Å². The standard InChI is InChI=1S/C19H18F2INO/c1-3-13-8-12(2)17-15(9-13)11-23(18(17)24)10-14-4-6-16(7-5-14)19(20,21)22/h4-9H,3,10-11H2,1-2H3. The summed E-state index contributed by atoms with van der Waals surface area (Å²) in [6.07, 6.45) is 0.939. The maximum Gasteiger partial charge on any atom is 0.321 e. The van der Waals surface area contributed by atoms with Gasteiger partial charge in [0.25, 0.3) is 5.91 Å². The van der Waals surface area contributed by atoms with Gasteiger partial charge in [-0.25, -0.2) is 0 Å². The Morgan fingerprint density at radius 2 is 1.83 bits per heavy atom. The number of hydrogen-bond acceptors (Lipinski definition) is 1. The smallest absolute Gasteiger partial charge is 0.321 e. The van der Waals surface area contributed by atoms with Crippen LogP contribution in [0.15, 0.2) is 36.4 Å². The second kappa shape index (κ2) is 6.43. The van der Waals surface area contributed by atoms with E-state index in [1.54, 1.807) is 17.0 Å². The Bertz CT molecular complexity index is 781. The molecule has 0 aromatic heterocycles. The molecule has 0 radical (unpaired) electrons. The van der Waals surface area contributed by atoms with E-state index in [1.165, 1.54) is 17.7 Å². The molecule has 1 aliphatic rings. The molecule has 5 heteroatoms. The van der Waals surface area contributed by atoms with Crippen molar-refractivity contribution in [1.29, 1.82) is 0 Å². The van der Waals surface area contributed by atoms with Crippen LogP contribution in [-0.2, 0) is 23.4 Å². The van der Waals surface area contributed by atoms with Crippen LogP contribution in [0.4, 0.5) is 8.78 Å². The Hall–Kier alpha value is -1.50. The van der Waals surface area contributed by atoms with Gasteiger partial charge in [-0.05, 0) is 35.6 Å². The van der Waals surface area contributed by atoms with Gasteiger partial charge >= 0.3 is 3.93 Å². The molecule has 3 rings (SSSR count). The number of hydrogen-bond donors (Lipinski definition) is 0. The number of amides is 1. The van der Waals surface area contributed by atoms with Crippen molar-refractivity contribution in [2.24, 2.45) is 0 Å². The average Bonchev–Trinajstić information content (AvgIpc) is 2.83. The monoisotopic (exact) mass is 441 g/mol. The predicted molar refractivity (Wildman–Crippen MR) is 98.5 cm³/mol. The Morgan fingerprint density at radius 1 is 1.17 bits per heavy atom. The summed E-state index contributed by atoms with van der Waals surface area (Å²) >= 11 is 1.12. The lowest BCUT2D eigenvalue weighted by molar-refractivity contribution is 0.0766. The van der Waals surface area contributed by atoms with E-state index in [9.17, 15) is 13.6 Å². The first-order chi connectivity index (χ1) is 11.3. The van der Waals surface area contributed by atoms with Gasteiger partial charge in [-0.1, -0.05) is 43.3 Å². The molecule has 24 heavy (non-hydrogen) atoms. The van der Waals surface area contributed by atoms with Crippen molar-refractivity contribution in [1.82, 2.24) is 4.90 Å². The third kappa shape index (κ3) is 3.31. The third-order valence-corrected chi connectivity index (χ3v) is 5.03. The van der Waals surface area contributed by atoms with Gasteiger partial charge in [-0.2, -0.15) is 8.78 Å². The highest BCUT2D eigenvalue weighted by Crippen LogP contribution is 2.35. The number of halogens is 3. The van der Waals surface area contributed by atoms with Crippen LogP contribution < -0.4 is 0 Å². The topological polar surface area (TPSA) is 20.3 Å². The normalized spacial score (nSPS) is 14.2. The minimum absolute atomic E-state index is 0.0217. The number of carbonyl (C=O) groups excluding carboxylic acids is 1.